The van der Waals surface area contributed by atoms with Crippen LogP contribution in [-0.2, 0) is 18.8 Å². The molecule has 0 aromatic carbocycles. The molecule has 6 nitrogen and oxygen atoms in total. The van der Waals surface area contributed by atoms with E-state index in [1.165, 1.54) is 83.5 Å². The SMILES string of the molecule is CCCCCCCCCCCCCCCCC(C)(N)O.COS(=O)(=O)OC. The van der Waals surface area contributed by atoms with Crippen LogP contribution in [-0.4, -0.2) is 33.5 Å². The smallest absolute Gasteiger partial charge is 0.376 e. The van der Waals surface area contributed by atoms with E-state index in [2.05, 4.69) is 15.3 Å². The molecule has 0 spiro atoms. The van der Waals surface area contributed by atoms with Crippen LogP contribution in [0.5, 0.6) is 0 Å². The first-order valence-electron chi connectivity index (χ1n) is 10.6. The maximum Gasteiger partial charge on any atom is 0.399 e. The van der Waals surface area contributed by atoms with Crippen LogP contribution in [0.25, 0.3) is 0 Å². The highest BCUT2D eigenvalue weighted by atomic mass is 32.3. The van der Waals surface area contributed by atoms with Crippen LogP contribution in [0, 0.1) is 0 Å². The summed E-state index contributed by atoms with van der Waals surface area (Å²) in [6.45, 7) is 3.97. The summed E-state index contributed by atoms with van der Waals surface area (Å²) in [4.78, 5) is 0. The third-order valence-electron chi connectivity index (χ3n) is 4.44. The molecule has 0 aromatic heterocycles. The minimum atomic E-state index is -3.66. The van der Waals surface area contributed by atoms with Gasteiger partial charge in [0, 0.05) is 0 Å². The van der Waals surface area contributed by atoms with Gasteiger partial charge in [-0.2, -0.15) is 8.42 Å². The van der Waals surface area contributed by atoms with Crippen LogP contribution in [0.3, 0.4) is 0 Å². The van der Waals surface area contributed by atoms with Gasteiger partial charge in [-0.25, -0.2) is 0 Å². The summed E-state index contributed by atoms with van der Waals surface area (Å²) in [5.74, 6) is 0. The van der Waals surface area contributed by atoms with Crippen LogP contribution in [0.15, 0.2) is 0 Å². The first-order chi connectivity index (χ1) is 12.7. The van der Waals surface area contributed by atoms with Crippen LogP contribution in [0.1, 0.15) is 110 Å². The number of rotatable bonds is 17. The summed E-state index contributed by atoms with van der Waals surface area (Å²) in [5.41, 5.74) is 4.58. The van der Waals surface area contributed by atoms with Crippen LogP contribution in [0.4, 0.5) is 0 Å². The highest BCUT2D eigenvalue weighted by molar-refractivity contribution is 7.81. The van der Waals surface area contributed by atoms with Gasteiger partial charge in [0.2, 0.25) is 0 Å². The van der Waals surface area contributed by atoms with Gasteiger partial charge >= 0.3 is 10.4 Å². The summed E-state index contributed by atoms with van der Waals surface area (Å²) in [6.07, 6.45) is 19.8. The van der Waals surface area contributed by atoms with E-state index in [1.807, 2.05) is 0 Å². The van der Waals surface area contributed by atoms with Crippen molar-refractivity contribution in [3.05, 3.63) is 0 Å². The average molecular weight is 412 g/mol. The molecule has 0 aliphatic heterocycles. The summed E-state index contributed by atoms with van der Waals surface area (Å²) in [6, 6.07) is 0. The van der Waals surface area contributed by atoms with E-state index < -0.39 is 16.1 Å². The largest absolute Gasteiger partial charge is 0.399 e. The third kappa shape index (κ3) is 28.1. The van der Waals surface area contributed by atoms with E-state index in [0.29, 0.717) is 0 Å². The number of hydrogen-bond donors (Lipinski definition) is 2. The molecule has 0 aliphatic carbocycles. The van der Waals surface area contributed by atoms with Gasteiger partial charge in [0.25, 0.3) is 0 Å². The number of unbranched alkanes of at least 4 members (excludes halogenated alkanes) is 13. The predicted molar refractivity (Wildman–Crippen MR) is 113 cm³/mol. The minimum Gasteiger partial charge on any atom is -0.376 e. The lowest BCUT2D eigenvalue weighted by molar-refractivity contribution is 0.0550. The number of nitrogens with two attached hydrogens (primary N) is 1. The average Bonchev–Trinajstić information content (AvgIpc) is 2.61. The molecule has 0 saturated heterocycles. The molecule has 0 aliphatic rings. The second-order valence-corrected chi connectivity index (χ2v) is 8.93. The Bertz CT molecular complexity index is 384. The van der Waals surface area contributed by atoms with Gasteiger partial charge in [0.05, 0.1) is 14.2 Å². The van der Waals surface area contributed by atoms with E-state index in [9.17, 15) is 13.5 Å². The number of hydrogen-bond acceptors (Lipinski definition) is 6. The lowest BCUT2D eigenvalue weighted by Gasteiger charge is -2.16. The van der Waals surface area contributed by atoms with E-state index in [-0.39, 0.29) is 0 Å². The highest BCUT2D eigenvalue weighted by Crippen LogP contribution is 2.14. The van der Waals surface area contributed by atoms with Crippen molar-refractivity contribution < 1.29 is 21.9 Å². The second-order valence-electron chi connectivity index (χ2n) is 7.44. The first kappa shape index (κ1) is 29.0. The topological polar surface area (TPSA) is 98.9 Å². The quantitative estimate of drug-likeness (QED) is 0.257. The molecule has 0 amide bonds. The van der Waals surface area contributed by atoms with Crippen molar-refractivity contribution in [3.8, 4) is 0 Å². The third-order valence-corrected chi connectivity index (χ3v) is 5.26. The van der Waals surface area contributed by atoms with Crippen molar-refractivity contribution >= 4 is 10.4 Å². The van der Waals surface area contributed by atoms with Crippen LogP contribution < -0.4 is 5.73 Å². The van der Waals surface area contributed by atoms with Crippen molar-refractivity contribution in [3.63, 3.8) is 0 Å². The molecule has 3 N–H and O–H groups in total. The van der Waals surface area contributed by atoms with Gasteiger partial charge in [-0.3, -0.25) is 8.37 Å². The molecule has 166 valence electrons. The fraction of sp³-hybridized carbons (Fsp3) is 1.00. The standard InChI is InChI=1S/C18H39NO.C2H6O4S/c1-3-4-5-6-7-8-9-10-11-12-13-14-15-16-17-18(2,19)20;1-5-7(3,4)6-2/h20H,3-17,19H2,1-2H3;1-2H3. The molecule has 0 saturated carbocycles. The van der Waals surface area contributed by atoms with Crippen molar-refractivity contribution in [2.24, 2.45) is 5.73 Å². The fourth-order valence-corrected chi connectivity index (χ4v) is 2.88. The summed E-state index contributed by atoms with van der Waals surface area (Å²) < 4.78 is 27.5. The Kier molecular flexibility index (Phi) is 20.5. The van der Waals surface area contributed by atoms with E-state index in [1.54, 1.807) is 6.92 Å². The molecule has 0 aromatic rings. The molecular weight excluding hydrogens is 366 g/mol. The zero-order valence-corrected chi connectivity index (χ0v) is 19.0. The summed E-state index contributed by atoms with van der Waals surface area (Å²) in [5, 5.41) is 9.39. The molecule has 0 radical (unpaired) electrons. The van der Waals surface area contributed by atoms with Gasteiger partial charge in [0.1, 0.15) is 5.72 Å². The molecule has 0 rings (SSSR count). The lowest BCUT2D eigenvalue weighted by atomic mass is 10.0. The van der Waals surface area contributed by atoms with Crippen molar-refractivity contribution in [2.75, 3.05) is 14.2 Å². The van der Waals surface area contributed by atoms with E-state index >= 15 is 0 Å². The molecule has 0 heterocycles. The maximum absolute atomic E-state index is 9.92. The Morgan fingerprint density at radius 1 is 0.741 bits per heavy atom. The van der Waals surface area contributed by atoms with Crippen LogP contribution in [0.2, 0.25) is 0 Å². The first-order valence-corrected chi connectivity index (χ1v) is 11.9. The molecular formula is C20H45NO5S. The normalized spacial score (nSPS) is 13.7. The van der Waals surface area contributed by atoms with Crippen LogP contribution >= 0.6 is 0 Å². The summed E-state index contributed by atoms with van der Waals surface area (Å²) >= 11 is 0. The van der Waals surface area contributed by atoms with Gasteiger partial charge < -0.3 is 10.8 Å². The van der Waals surface area contributed by atoms with Gasteiger partial charge in [-0.1, -0.05) is 90.4 Å². The zero-order valence-electron chi connectivity index (χ0n) is 18.2. The monoisotopic (exact) mass is 411 g/mol. The molecule has 0 bridgehead atoms. The van der Waals surface area contributed by atoms with Gasteiger partial charge in [-0.15, -0.1) is 0 Å². The van der Waals surface area contributed by atoms with Crippen molar-refractivity contribution in [1.29, 1.82) is 0 Å². The molecule has 7 heteroatoms. The molecule has 27 heavy (non-hydrogen) atoms. The summed E-state index contributed by atoms with van der Waals surface area (Å²) in [7, 11) is -1.60. The maximum atomic E-state index is 9.92. The minimum absolute atomic E-state index is 0.727. The number of aliphatic hydroxyl groups is 1. The van der Waals surface area contributed by atoms with Crippen molar-refractivity contribution in [2.45, 2.75) is 116 Å². The van der Waals surface area contributed by atoms with Crippen molar-refractivity contribution in [1.82, 2.24) is 0 Å². The Labute approximate surface area is 168 Å². The highest BCUT2D eigenvalue weighted by Gasteiger charge is 2.11. The Morgan fingerprint density at radius 2 is 1.04 bits per heavy atom. The predicted octanol–water partition coefficient (Wildman–Crippen LogP) is 5.05. The van der Waals surface area contributed by atoms with E-state index in [0.717, 1.165) is 27.1 Å². The Hall–Kier alpha value is -0.210. The molecule has 1 unspecified atom stereocenters. The zero-order chi connectivity index (χ0) is 21.0. The van der Waals surface area contributed by atoms with Gasteiger partial charge in [0.15, 0.2) is 0 Å². The fourth-order valence-electron chi connectivity index (χ4n) is 2.75. The lowest BCUT2D eigenvalue weighted by Crippen LogP contribution is -2.35. The Morgan fingerprint density at radius 3 is 1.26 bits per heavy atom. The molecule has 0 fully saturated rings. The van der Waals surface area contributed by atoms with Gasteiger partial charge in [-0.05, 0) is 19.8 Å². The van der Waals surface area contributed by atoms with E-state index in [4.69, 9.17) is 5.73 Å². The molecule has 1 atom stereocenters. The Balaban J connectivity index is 0. The second kappa shape index (κ2) is 19.1.